The maximum atomic E-state index is 12.4. The van der Waals surface area contributed by atoms with Gasteiger partial charge in [-0.05, 0) is 19.1 Å². The molecule has 0 saturated heterocycles. The number of carbonyl (C=O) groups excluding carboxylic acids is 1. The largest absolute Gasteiger partial charge is 0.369 e. The SMILES string of the molecule is CCn1c(N)nc2cc(C(=O)NCc3cnn4cccnc34)cnc21. The number of nitrogens with two attached hydrogens (primary N) is 1. The first-order chi connectivity index (χ1) is 12.2. The number of pyridine rings is 1. The van der Waals surface area contributed by atoms with Crippen molar-refractivity contribution in [3.8, 4) is 0 Å². The Balaban J connectivity index is 1.55. The number of aromatic nitrogens is 6. The van der Waals surface area contributed by atoms with Crippen LogP contribution >= 0.6 is 0 Å². The summed E-state index contributed by atoms with van der Waals surface area (Å²) in [5.41, 5.74) is 9.11. The van der Waals surface area contributed by atoms with E-state index in [1.165, 1.54) is 6.20 Å². The number of carbonyl (C=O) groups is 1. The predicted molar refractivity (Wildman–Crippen MR) is 91.8 cm³/mol. The first-order valence-corrected chi connectivity index (χ1v) is 7.84. The van der Waals surface area contributed by atoms with Gasteiger partial charge in [0.1, 0.15) is 5.52 Å². The van der Waals surface area contributed by atoms with E-state index in [4.69, 9.17) is 5.73 Å². The van der Waals surface area contributed by atoms with Crippen LogP contribution in [-0.4, -0.2) is 35.0 Å². The van der Waals surface area contributed by atoms with Crippen LogP contribution in [-0.2, 0) is 13.1 Å². The maximum Gasteiger partial charge on any atom is 0.253 e. The molecule has 0 aromatic carbocycles. The zero-order valence-corrected chi connectivity index (χ0v) is 13.5. The monoisotopic (exact) mass is 336 g/mol. The molecule has 126 valence electrons. The molecule has 0 unspecified atom stereocenters. The molecule has 0 atom stereocenters. The van der Waals surface area contributed by atoms with E-state index in [0.717, 1.165) is 5.56 Å². The minimum atomic E-state index is -0.241. The highest BCUT2D eigenvalue weighted by molar-refractivity contribution is 5.96. The predicted octanol–water partition coefficient (Wildman–Crippen LogP) is 1.01. The van der Waals surface area contributed by atoms with Crippen LogP contribution in [0.15, 0.2) is 36.9 Å². The van der Waals surface area contributed by atoms with Gasteiger partial charge in [0.2, 0.25) is 5.95 Å². The second-order valence-electron chi connectivity index (χ2n) is 5.52. The number of nitrogen functional groups attached to an aromatic ring is 1. The van der Waals surface area contributed by atoms with Gasteiger partial charge in [-0.3, -0.25) is 9.36 Å². The van der Waals surface area contributed by atoms with E-state index < -0.39 is 0 Å². The fraction of sp³-hybridized carbons (Fsp3) is 0.188. The minimum Gasteiger partial charge on any atom is -0.369 e. The third kappa shape index (κ3) is 2.55. The molecule has 0 aliphatic carbocycles. The van der Waals surface area contributed by atoms with Gasteiger partial charge in [-0.1, -0.05) is 0 Å². The highest BCUT2D eigenvalue weighted by Gasteiger charge is 2.13. The number of hydrogen-bond acceptors (Lipinski definition) is 6. The third-order valence-electron chi connectivity index (χ3n) is 3.98. The van der Waals surface area contributed by atoms with Crippen molar-refractivity contribution in [2.45, 2.75) is 20.0 Å². The fourth-order valence-corrected chi connectivity index (χ4v) is 2.74. The number of imidazole rings is 1. The van der Waals surface area contributed by atoms with Gasteiger partial charge in [-0.15, -0.1) is 0 Å². The van der Waals surface area contributed by atoms with Crippen molar-refractivity contribution in [2.75, 3.05) is 5.73 Å². The van der Waals surface area contributed by atoms with Gasteiger partial charge >= 0.3 is 0 Å². The Kier molecular flexibility index (Phi) is 3.53. The summed E-state index contributed by atoms with van der Waals surface area (Å²) < 4.78 is 3.46. The summed E-state index contributed by atoms with van der Waals surface area (Å²) in [6.07, 6.45) is 6.71. The molecule has 1 amide bonds. The summed E-state index contributed by atoms with van der Waals surface area (Å²) in [4.78, 5) is 25.3. The first-order valence-electron chi connectivity index (χ1n) is 7.84. The number of fused-ring (bicyclic) bond motifs is 2. The molecule has 0 bridgehead atoms. The van der Waals surface area contributed by atoms with Crippen LogP contribution in [0.25, 0.3) is 16.8 Å². The average Bonchev–Trinajstić information content (AvgIpc) is 3.18. The number of aryl methyl sites for hydroxylation is 1. The molecule has 9 heteroatoms. The Morgan fingerprint density at radius 2 is 2.16 bits per heavy atom. The second-order valence-corrected chi connectivity index (χ2v) is 5.52. The summed E-state index contributed by atoms with van der Waals surface area (Å²) >= 11 is 0. The molecule has 0 saturated carbocycles. The van der Waals surface area contributed by atoms with E-state index in [-0.39, 0.29) is 5.91 Å². The van der Waals surface area contributed by atoms with E-state index in [2.05, 4.69) is 25.4 Å². The molecule has 0 aliphatic rings. The molecule has 0 radical (unpaired) electrons. The number of hydrogen-bond donors (Lipinski definition) is 2. The van der Waals surface area contributed by atoms with Gasteiger partial charge in [-0.25, -0.2) is 19.5 Å². The lowest BCUT2D eigenvalue weighted by Crippen LogP contribution is -2.23. The topological polar surface area (TPSA) is 116 Å². The van der Waals surface area contributed by atoms with Crippen LogP contribution in [0.5, 0.6) is 0 Å². The zero-order chi connectivity index (χ0) is 17.4. The molecule has 4 rings (SSSR count). The summed E-state index contributed by atoms with van der Waals surface area (Å²) in [5, 5.41) is 7.05. The van der Waals surface area contributed by atoms with Crippen LogP contribution in [0, 0.1) is 0 Å². The summed E-state index contributed by atoms with van der Waals surface area (Å²) in [6, 6.07) is 3.49. The number of amides is 1. The molecular formula is C16H16N8O. The lowest BCUT2D eigenvalue weighted by Gasteiger charge is -2.04. The van der Waals surface area contributed by atoms with Crippen LogP contribution in [0.1, 0.15) is 22.8 Å². The Labute approximate surface area is 142 Å². The Hall–Kier alpha value is -3.49. The highest BCUT2D eigenvalue weighted by atomic mass is 16.1. The number of rotatable bonds is 4. The first kappa shape index (κ1) is 15.1. The summed E-state index contributed by atoms with van der Waals surface area (Å²) in [6.45, 7) is 2.95. The van der Waals surface area contributed by atoms with Crippen molar-refractivity contribution in [2.24, 2.45) is 0 Å². The van der Waals surface area contributed by atoms with Crippen molar-refractivity contribution in [3.05, 3.63) is 48.0 Å². The quantitative estimate of drug-likeness (QED) is 0.574. The van der Waals surface area contributed by atoms with Crippen molar-refractivity contribution >= 4 is 28.7 Å². The lowest BCUT2D eigenvalue weighted by atomic mass is 10.2. The van der Waals surface area contributed by atoms with Gasteiger partial charge < -0.3 is 11.1 Å². The van der Waals surface area contributed by atoms with E-state index in [1.54, 1.807) is 39.8 Å². The fourth-order valence-electron chi connectivity index (χ4n) is 2.74. The van der Waals surface area contributed by atoms with Crippen LogP contribution in [0.4, 0.5) is 5.95 Å². The van der Waals surface area contributed by atoms with Crippen molar-refractivity contribution in [3.63, 3.8) is 0 Å². The highest BCUT2D eigenvalue weighted by Crippen LogP contribution is 2.17. The Bertz CT molecular complexity index is 1080. The lowest BCUT2D eigenvalue weighted by molar-refractivity contribution is 0.0951. The van der Waals surface area contributed by atoms with Gasteiger partial charge in [0, 0.05) is 37.2 Å². The summed E-state index contributed by atoms with van der Waals surface area (Å²) in [7, 11) is 0. The Morgan fingerprint density at radius 3 is 3.00 bits per heavy atom. The van der Waals surface area contributed by atoms with Crippen molar-refractivity contribution in [1.29, 1.82) is 0 Å². The molecule has 0 fully saturated rings. The maximum absolute atomic E-state index is 12.4. The molecule has 9 nitrogen and oxygen atoms in total. The van der Waals surface area contributed by atoms with E-state index in [0.29, 0.717) is 41.4 Å². The number of nitrogens with zero attached hydrogens (tertiary/aromatic N) is 6. The minimum absolute atomic E-state index is 0.241. The molecule has 0 spiro atoms. The van der Waals surface area contributed by atoms with Gasteiger partial charge in [0.25, 0.3) is 5.91 Å². The smallest absolute Gasteiger partial charge is 0.253 e. The van der Waals surface area contributed by atoms with Gasteiger partial charge in [0.15, 0.2) is 11.3 Å². The third-order valence-corrected chi connectivity index (χ3v) is 3.98. The average molecular weight is 336 g/mol. The normalized spacial score (nSPS) is 11.2. The van der Waals surface area contributed by atoms with Crippen LogP contribution in [0.2, 0.25) is 0 Å². The van der Waals surface area contributed by atoms with E-state index >= 15 is 0 Å². The molecule has 4 aromatic heterocycles. The Morgan fingerprint density at radius 1 is 1.28 bits per heavy atom. The van der Waals surface area contributed by atoms with Gasteiger partial charge in [-0.2, -0.15) is 5.10 Å². The van der Waals surface area contributed by atoms with E-state index in [1.807, 2.05) is 6.92 Å². The second kappa shape index (κ2) is 5.86. The van der Waals surface area contributed by atoms with Crippen molar-refractivity contribution in [1.82, 2.24) is 34.4 Å². The standard InChI is InChI=1S/C16H16N8O/c1-2-23-14-12(22-16(23)17)6-10(7-19-14)15(25)20-8-11-9-21-24-5-3-4-18-13(11)24/h3-7,9H,2,8H2,1H3,(H2,17,22)(H,20,25). The molecular weight excluding hydrogens is 320 g/mol. The molecule has 4 heterocycles. The van der Waals surface area contributed by atoms with Gasteiger partial charge in [0.05, 0.1) is 11.8 Å². The van der Waals surface area contributed by atoms with Crippen LogP contribution in [0.3, 0.4) is 0 Å². The molecule has 4 aromatic rings. The molecule has 3 N–H and O–H groups in total. The zero-order valence-electron chi connectivity index (χ0n) is 13.5. The number of anilines is 1. The number of nitrogens with one attached hydrogen (secondary N) is 1. The molecule has 25 heavy (non-hydrogen) atoms. The summed E-state index contributed by atoms with van der Waals surface area (Å²) in [5.74, 6) is 0.147. The van der Waals surface area contributed by atoms with E-state index in [9.17, 15) is 4.79 Å². The molecule has 0 aliphatic heterocycles. The van der Waals surface area contributed by atoms with Crippen LogP contribution < -0.4 is 11.1 Å². The van der Waals surface area contributed by atoms with Crippen molar-refractivity contribution < 1.29 is 4.79 Å².